The minimum Gasteiger partial charge on any atom is -0.497 e. The van der Waals surface area contributed by atoms with Gasteiger partial charge in [-0.05, 0) is 105 Å². The third-order valence-corrected chi connectivity index (χ3v) is 16.6. The van der Waals surface area contributed by atoms with Crippen molar-refractivity contribution >= 4 is 47.3 Å². The Hall–Kier alpha value is -4.27. The van der Waals surface area contributed by atoms with Crippen molar-refractivity contribution in [1.82, 2.24) is 4.98 Å². The Morgan fingerprint density at radius 2 is 1.51 bits per heavy atom. The molecule has 0 saturated heterocycles. The third-order valence-electron chi connectivity index (χ3n) is 10.7. The number of benzene rings is 4. The second-order valence-electron chi connectivity index (χ2n) is 15.4. The molecule has 1 aliphatic rings. The summed E-state index contributed by atoms with van der Waals surface area (Å²) in [6, 6.07) is 31.7. The number of hydrogen-bond donors (Lipinski definition) is 0. The van der Waals surface area contributed by atoms with Crippen molar-refractivity contribution in [2.45, 2.75) is 63.8 Å². The summed E-state index contributed by atoms with van der Waals surface area (Å²) >= 11 is 2.11. The second kappa shape index (κ2) is 17.3. The third kappa shape index (κ3) is 9.07. The van der Waals surface area contributed by atoms with Crippen molar-refractivity contribution in [3.05, 3.63) is 135 Å². The predicted octanol–water partition coefficient (Wildman–Crippen LogP) is 10.5. The van der Waals surface area contributed by atoms with Crippen molar-refractivity contribution in [3.63, 3.8) is 0 Å². The molecule has 5 aromatic rings. The van der Waals surface area contributed by atoms with Gasteiger partial charge >= 0.3 is 12.1 Å². The number of aromatic nitrogens is 1. The Labute approximate surface area is 346 Å². The van der Waals surface area contributed by atoms with Crippen LogP contribution in [0.2, 0.25) is 5.04 Å². The van der Waals surface area contributed by atoms with Crippen LogP contribution in [0.3, 0.4) is 0 Å². The molecular weight excluding hydrogens is 865 g/mol. The summed E-state index contributed by atoms with van der Waals surface area (Å²) in [6.07, 6.45) is -4.39. The molecule has 57 heavy (non-hydrogen) atoms. The number of methoxy groups -OCH3 is 2. The molecule has 0 spiro atoms. The number of hydrogen-bond acceptors (Lipinski definition) is 6. The number of rotatable bonds is 14. The monoisotopic (exact) mass is 911 g/mol. The fourth-order valence-corrected chi connectivity index (χ4v) is 12.8. The molecule has 0 N–H and O–H groups in total. The van der Waals surface area contributed by atoms with Crippen LogP contribution >= 0.6 is 22.6 Å². The molecule has 4 aromatic carbocycles. The van der Waals surface area contributed by atoms with Gasteiger partial charge in [0, 0.05) is 11.1 Å². The van der Waals surface area contributed by atoms with E-state index in [4.69, 9.17) is 18.6 Å². The summed E-state index contributed by atoms with van der Waals surface area (Å²) in [4.78, 5) is 16.9. The minimum absolute atomic E-state index is 0.138. The van der Waals surface area contributed by atoms with Gasteiger partial charge in [0.15, 0.2) is 5.69 Å². The molecule has 300 valence electrons. The van der Waals surface area contributed by atoms with Gasteiger partial charge in [0.2, 0.25) is 0 Å². The average molecular weight is 912 g/mol. The molecular formula is C45H46F4INO5Si. The Kier molecular flexibility index (Phi) is 12.8. The maximum absolute atomic E-state index is 15.3. The first kappa shape index (κ1) is 42.3. The van der Waals surface area contributed by atoms with Gasteiger partial charge in [-0.15, -0.1) is 0 Å². The smallest absolute Gasteiger partial charge is 0.433 e. The van der Waals surface area contributed by atoms with Gasteiger partial charge in [0.25, 0.3) is 8.32 Å². The molecule has 1 saturated carbocycles. The van der Waals surface area contributed by atoms with E-state index in [9.17, 15) is 4.79 Å². The number of ether oxygens (including phenoxy) is 3. The Balaban J connectivity index is 1.52. The topological polar surface area (TPSA) is 66.9 Å². The maximum atomic E-state index is 15.3. The van der Waals surface area contributed by atoms with E-state index in [1.165, 1.54) is 38.5 Å². The summed E-state index contributed by atoms with van der Waals surface area (Å²) in [6.45, 7) is 7.81. The van der Waals surface area contributed by atoms with Crippen molar-refractivity contribution in [2.24, 2.45) is 11.8 Å². The SMILES string of the molecule is COC(=O)C(C)C(c1ccc(I)c(O[C@@H](CO[Si](c2ccccc2)(c2ccccc2)C(C)(C)C)c2ccc(-c3cc(OC)ccc3F)nc2C(F)(F)F)c1)C1CC1. The zero-order valence-corrected chi connectivity index (χ0v) is 35.9. The number of alkyl halides is 3. The van der Waals surface area contributed by atoms with Crippen molar-refractivity contribution in [1.29, 1.82) is 0 Å². The summed E-state index contributed by atoms with van der Waals surface area (Å²) in [5.41, 5.74) is -1.01. The molecule has 6 nitrogen and oxygen atoms in total. The zero-order chi connectivity index (χ0) is 41.1. The highest BCUT2D eigenvalue weighted by Gasteiger charge is 2.51. The van der Waals surface area contributed by atoms with E-state index < -0.39 is 43.1 Å². The highest BCUT2D eigenvalue weighted by atomic mass is 127. The van der Waals surface area contributed by atoms with Crippen LogP contribution in [0, 0.1) is 21.2 Å². The van der Waals surface area contributed by atoms with Gasteiger partial charge in [-0.25, -0.2) is 9.37 Å². The fraction of sp³-hybridized carbons (Fsp3) is 0.333. The number of carbonyl (C=O) groups excluding carboxylic acids is 1. The van der Waals surface area contributed by atoms with E-state index >= 15 is 17.6 Å². The molecule has 1 heterocycles. The van der Waals surface area contributed by atoms with Gasteiger partial charge in [-0.2, -0.15) is 13.2 Å². The number of carbonyl (C=O) groups is 1. The van der Waals surface area contributed by atoms with Gasteiger partial charge in [0.1, 0.15) is 23.4 Å². The molecule has 2 unspecified atom stereocenters. The molecule has 0 aliphatic heterocycles. The highest BCUT2D eigenvalue weighted by Crippen LogP contribution is 2.48. The van der Waals surface area contributed by atoms with Crippen LogP contribution in [0.5, 0.6) is 11.5 Å². The van der Waals surface area contributed by atoms with Crippen molar-refractivity contribution < 1.29 is 41.0 Å². The number of halogens is 5. The molecule has 0 amide bonds. The van der Waals surface area contributed by atoms with Crippen LogP contribution in [0.25, 0.3) is 11.3 Å². The van der Waals surface area contributed by atoms with Gasteiger partial charge < -0.3 is 18.6 Å². The zero-order valence-electron chi connectivity index (χ0n) is 32.7. The highest BCUT2D eigenvalue weighted by molar-refractivity contribution is 14.1. The van der Waals surface area contributed by atoms with E-state index in [0.29, 0.717) is 9.32 Å². The first-order valence-corrected chi connectivity index (χ1v) is 21.8. The molecule has 1 fully saturated rings. The second-order valence-corrected chi connectivity index (χ2v) is 20.9. The van der Waals surface area contributed by atoms with E-state index in [-0.39, 0.29) is 47.0 Å². The normalized spacial score (nSPS) is 15.1. The van der Waals surface area contributed by atoms with E-state index in [0.717, 1.165) is 34.8 Å². The van der Waals surface area contributed by atoms with Crippen molar-refractivity contribution in [3.8, 4) is 22.8 Å². The minimum atomic E-state index is -4.96. The molecule has 1 aliphatic carbocycles. The van der Waals surface area contributed by atoms with Crippen LogP contribution in [-0.2, 0) is 20.1 Å². The van der Waals surface area contributed by atoms with E-state index in [2.05, 4.69) is 48.3 Å². The first-order valence-electron chi connectivity index (χ1n) is 18.8. The first-order chi connectivity index (χ1) is 27.1. The lowest BCUT2D eigenvalue weighted by molar-refractivity contribution is -0.146. The number of pyridine rings is 1. The lowest BCUT2D eigenvalue weighted by Crippen LogP contribution is -2.66. The number of nitrogens with zero attached hydrogens (tertiary/aromatic N) is 1. The van der Waals surface area contributed by atoms with Crippen LogP contribution in [0.1, 0.15) is 69.4 Å². The number of esters is 1. The summed E-state index contributed by atoms with van der Waals surface area (Å²) in [5, 5.41) is 1.40. The van der Waals surface area contributed by atoms with Crippen molar-refractivity contribution in [2.75, 3.05) is 20.8 Å². The molecule has 3 atom stereocenters. The maximum Gasteiger partial charge on any atom is 0.433 e. The van der Waals surface area contributed by atoms with E-state index in [1.54, 1.807) is 0 Å². The summed E-state index contributed by atoms with van der Waals surface area (Å²) in [7, 11) is -0.533. The Bertz CT molecular complexity index is 2140. The molecule has 0 bridgehead atoms. The molecule has 12 heteroatoms. The lowest BCUT2D eigenvalue weighted by atomic mass is 9.83. The van der Waals surface area contributed by atoms with Gasteiger partial charge in [-0.3, -0.25) is 4.79 Å². The molecule has 0 radical (unpaired) electrons. The fourth-order valence-electron chi connectivity index (χ4n) is 7.81. The van der Waals surface area contributed by atoms with Gasteiger partial charge in [0.05, 0.1) is 36.0 Å². The Morgan fingerprint density at radius 1 is 0.877 bits per heavy atom. The quantitative estimate of drug-likeness (QED) is 0.0479. The standard InChI is InChI=1S/C45H46F4INO5Si/c1-28(43(52)54-6)41(29-17-18-29)30-19-23-37(50)39(25-30)56-40(27-55-57(44(2,3)4,32-13-9-7-10-14-32)33-15-11-8-12-16-33)34-21-24-38(51-42(34)45(47,48)49)35-26-31(53-5)20-22-36(35)46/h7-16,19-26,28-29,40-41H,17-18,27H2,1-6H3/t28?,40-,41?/m0/s1. The average Bonchev–Trinajstić information content (AvgIpc) is 4.04. The Morgan fingerprint density at radius 3 is 2.05 bits per heavy atom. The molecule has 6 rings (SSSR count). The van der Waals surface area contributed by atoms with Gasteiger partial charge in [-0.1, -0.05) is 100 Å². The molecule has 1 aromatic heterocycles. The van der Waals surface area contributed by atoms with Crippen LogP contribution in [0.15, 0.2) is 109 Å². The summed E-state index contributed by atoms with van der Waals surface area (Å²) in [5.74, 6) is -0.841. The van der Waals surface area contributed by atoms with Crippen LogP contribution < -0.4 is 19.8 Å². The van der Waals surface area contributed by atoms with Crippen LogP contribution in [0.4, 0.5) is 17.6 Å². The predicted molar refractivity (Wildman–Crippen MR) is 224 cm³/mol. The van der Waals surface area contributed by atoms with Crippen LogP contribution in [-0.4, -0.2) is 40.1 Å². The lowest BCUT2D eigenvalue weighted by Gasteiger charge is -2.43. The van der Waals surface area contributed by atoms with E-state index in [1.807, 2.05) is 85.8 Å². The summed E-state index contributed by atoms with van der Waals surface area (Å²) < 4.78 is 86.0. The largest absolute Gasteiger partial charge is 0.497 e.